The molecule has 0 unspecified atom stereocenters. The first kappa shape index (κ1) is 19.8. The zero-order valence-corrected chi connectivity index (χ0v) is 15.9. The topological polar surface area (TPSA) is 114 Å². The fourth-order valence-corrected chi connectivity index (χ4v) is 3.76. The highest BCUT2D eigenvalue weighted by Gasteiger charge is 2.26. The molecule has 0 spiro atoms. The molecule has 150 valence electrons. The molecule has 9 heteroatoms. The molecule has 1 aromatic carbocycles. The molecule has 0 amide bonds. The second-order valence-corrected chi connectivity index (χ2v) is 7.09. The standard InChI is InChI=1S/C19H23N3O6/c1-12(23)28-8-7-13-3-5-15(6-4-13)21-11-14-9-18(22(25)26)16(19(24)27-2)10-17(14)20-21/h9-11,13,15H,3-8H2,1-2H3/t13-,15-. The number of benzene rings is 1. The summed E-state index contributed by atoms with van der Waals surface area (Å²) in [5.74, 6) is -0.485. The molecule has 0 aliphatic heterocycles. The van der Waals surface area contributed by atoms with Crippen LogP contribution in [-0.4, -0.2) is 40.4 Å². The van der Waals surface area contributed by atoms with Crippen molar-refractivity contribution in [2.75, 3.05) is 13.7 Å². The second kappa shape index (κ2) is 8.37. The Morgan fingerprint density at radius 3 is 2.61 bits per heavy atom. The summed E-state index contributed by atoms with van der Waals surface area (Å²) in [4.78, 5) is 33.4. The van der Waals surface area contributed by atoms with Crippen molar-refractivity contribution in [1.82, 2.24) is 9.78 Å². The molecular weight excluding hydrogens is 366 g/mol. The van der Waals surface area contributed by atoms with Gasteiger partial charge in [-0.25, -0.2) is 4.79 Å². The number of nitro benzene ring substituents is 1. The summed E-state index contributed by atoms with van der Waals surface area (Å²) in [5, 5.41) is 16.5. The van der Waals surface area contributed by atoms with Crippen molar-refractivity contribution in [3.8, 4) is 0 Å². The van der Waals surface area contributed by atoms with Crippen molar-refractivity contribution in [2.24, 2.45) is 5.92 Å². The van der Waals surface area contributed by atoms with Gasteiger partial charge in [0.1, 0.15) is 5.56 Å². The minimum Gasteiger partial charge on any atom is -0.466 e. The molecular formula is C19H23N3O6. The van der Waals surface area contributed by atoms with Gasteiger partial charge in [0.25, 0.3) is 5.69 Å². The van der Waals surface area contributed by atoms with Crippen molar-refractivity contribution in [3.63, 3.8) is 0 Å². The molecule has 1 heterocycles. The van der Waals surface area contributed by atoms with E-state index >= 15 is 0 Å². The van der Waals surface area contributed by atoms with Crippen LogP contribution in [0.5, 0.6) is 0 Å². The van der Waals surface area contributed by atoms with Gasteiger partial charge in [-0.1, -0.05) is 0 Å². The lowest BCUT2D eigenvalue weighted by Gasteiger charge is -2.28. The molecule has 0 atom stereocenters. The predicted octanol–water partition coefficient (Wildman–Crippen LogP) is 3.42. The summed E-state index contributed by atoms with van der Waals surface area (Å²) in [6.45, 7) is 1.87. The van der Waals surface area contributed by atoms with E-state index in [0.717, 1.165) is 32.1 Å². The third kappa shape index (κ3) is 4.29. The summed E-state index contributed by atoms with van der Waals surface area (Å²) in [6.07, 6.45) is 6.55. The van der Waals surface area contributed by atoms with Gasteiger partial charge < -0.3 is 9.47 Å². The fraction of sp³-hybridized carbons (Fsp3) is 0.526. The quantitative estimate of drug-likeness (QED) is 0.422. The maximum atomic E-state index is 11.9. The number of hydrogen-bond acceptors (Lipinski definition) is 7. The zero-order chi connectivity index (χ0) is 20.3. The Morgan fingerprint density at radius 2 is 2.00 bits per heavy atom. The normalized spacial score (nSPS) is 19.4. The minimum absolute atomic E-state index is 0.0978. The molecule has 1 aliphatic rings. The van der Waals surface area contributed by atoms with Crippen LogP contribution in [0.2, 0.25) is 0 Å². The maximum Gasteiger partial charge on any atom is 0.344 e. The third-order valence-electron chi connectivity index (χ3n) is 5.26. The molecule has 0 bridgehead atoms. The van der Waals surface area contributed by atoms with Gasteiger partial charge in [-0.2, -0.15) is 5.10 Å². The van der Waals surface area contributed by atoms with Gasteiger partial charge in [-0.05, 0) is 44.1 Å². The van der Waals surface area contributed by atoms with E-state index in [1.807, 2.05) is 4.68 Å². The average molecular weight is 389 g/mol. The minimum atomic E-state index is -0.753. The average Bonchev–Trinajstić information content (AvgIpc) is 3.09. The third-order valence-corrected chi connectivity index (χ3v) is 5.26. The number of rotatable bonds is 6. The smallest absolute Gasteiger partial charge is 0.344 e. The largest absolute Gasteiger partial charge is 0.466 e. The Labute approximate surface area is 161 Å². The van der Waals surface area contributed by atoms with Crippen molar-refractivity contribution in [3.05, 3.63) is 34.0 Å². The maximum absolute atomic E-state index is 11.9. The first-order valence-electron chi connectivity index (χ1n) is 9.28. The van der Waals surface area contributed by atoms with Gasteiger partial charge in [-0.15, -0.1) is 0 Å². The van der Waals surface area contributed by atoms with E-state index in [-0.39, 0.29) is 23.3 Å². The Morgan fingerprint density at radius 1 is 1.29 bits per heavy atom. The van der Waals surface area contributed by atoms with E-state index in [9.17, 15) is 19.7 Å². The molecule has 2 aromatic rings. The van der Waals surface area contributed by atoms with Crippen LogP contribution < -0.4 is 0 Å². The lowest BCUT2D eigenvalue weighted by atomic mass is 9.84. The van der Waals surface area contributed by atoms with E-state index in [0.29, 0.717) is 23.4 Å². The number of nitro groups is 1. The van der Waals surface area contributed by atoms with Gasteiger partial charge in [-0.3, -0.25) is 19.6 Å². The van der Waals surface area contributed by atoms with Gasteiger partial charge in [0.05, 0.1) is 30.2 Å². The Hall–Kier alpha value is -2.97. The van der Waals surface area contributed by atoms with Gasteiger partial charge >= 0.3 is 11.9 Å². The molecule has 1 aromatic heterocycles. The van der Waals surface area contributed by atoms with Crippen LogP contribution >= 0.6 is 0 Å². The Balaban J connectivity index is 1.73. The van der Waals surface area contributed by atoms with Crippen LogP contribution in [0.3, 0.4) is 0 Å². The second-order valence-electron chi connectivity index (χ2n) is 7.09. The highest BCUT2D eigenvalue weighted by Crippen LogP contribution is 2.35. The number of nitrogens with zero attached hydrogens (tertiary/aromatic N) is 3. The molecule has 9 nitrogen and oxygen atoms in total. The number of carbonyl (C=O) groups excluding carboxylic acids is 2. The van der Waals surface area contributed by atoms with Gasteiger partial charge in [0, 0.05) is 24.6 Å². The SMILES string of the molecule is COC(=O)c1cc2nn([C@H]3CC[C@H](CCOC(C)=O)CC3)cc2cc1[N+](=O)[O-]. The van der Waals surface area contributed by atoms with E-state index in [2.05, 4.69) is 9.84 Å². The lowest BCUT2D eigenvalue weighted by Crippen LogP contribution is -2.19. The summed E-state index contributed by atoms with van der Waals surface area (Å²) >= 11 is 0. The van der Waals surface area contributed by atoms with Crippen molar-refractivity contribution < 1.29 is 24.0 Å². The lowest BCUT2D eigenvalue weighted by molar-refractivity contribution is -0.385. The van der Waals surface area contributed by atoms with E-state index in [4.69, 9.17) is 4.74 Å². The molecule has 0 N–H and O–H groups in total. The molecule has 1 aliphatic carbocycles. The summed E-state index contributed by atoms with van der Waals surface area (Å²) < 4.78 is 11.5. The monoisotopic (exact) mass is 389 g/mol. The number of methoxy groups -OCH3 is 1. The molecule has 0 saturated heterocycles. The fourth-order valence-electron chi connectivity index (χ4n) is 3.76. The van der Waals surface area contributed by atoms with Crippen LogP contribution in [-0.2, 0) is 14.3 Å². The summed E-state index contributed by atoms with van der Waals surface area (Å²) in [5.41, 5.74) is 0.149. The van der Waals surface area contributed by atoms with Crippen LogP contribution in [0.4, 0.5) is 5.69 Å². The highest BCUT2D eigenvalue weighted by atomic mass is 16.6. The summed E-state index contributed by atoms with van der Waals surface area (Å²) in [6, 6.07) is 2.99. The van der Waals surface area contributed by atoms with Crippen LogP contribution in [0, 0.1) is 16.0 Å². The number of esters is 2. The zero-order valence-electron chi connectivity index (χ0n) is 15.9. The Bertz CT molecular complexity index is 898. The number of ether oxygens (including phenoxy) is 2. The molecule has 3 rings (SSSR count). The Kier molecular flexibility index (Phi) is 5.91. The van der Waals surface area contributed by atoms with Crippen molar-refractivity contribution >= 4 is 28.5 Å². The van der Waals surface area contributed by atoms with Gasteiger partial charge in [0.15, 0.2) is 0 Å². The first-order chi connectivity index (χ1) is 13.4. The van der Waals surface area contributed by atoms with Crippen LogP contribution in [0.15, 0.2) is 18.3 Å². The van der Waals surface area contributed by atoms with Gasteiger partial charge in [0.2, 0.25) is 0 Å². The number of fused-ring (bicyclic) bond motifs is 1. The predicted molar refractivity (Wildman–Crippen MR) is 100.0 cm³/mol. The van der Waals surface area contributed by atoms with E-state index in [1.165, 1.54) is 26.2 Å². The number of aromatic nitrogens is 2. The number of carbonyl (C=O) groups is 2. The van der Waals surface area contributed by atoms with Crippen LogP contribution in [0.25, 0.3) is 10.9 Å². The first-order valence-corrected chi connectivity index (χ1v) is 9.28. The molecule has 1 fully saturated rings. The highest BCUT2D eigenvalue weighted by molar-refractivity contribution is 5.99. The van der Waals surface area contributed by atoms with Crippen LogP contribution in [0.1, 0.15) is 55.4 Å². The van der Waals surface area contributed by atoms with Crippen molar-refractivity contribution in [2.45, 2.75) is 45.1 Å². The number of hydrogen-bond donors (Lipinski definition) is 0. The molecule has 28 heavy (non-hydrogen) atoms. The van der Waals surface area contributed by atoms with Crippen molar-refractivity contribution in [1.29, 1.82) is 0 Å². The van der Waals surface area contributed by atoms with E-state index in [1.54, 1.807) is 6.20 Å². The molecule has 1 saturated carbocycles. The molecule has 0 radical (unpaired) electrons. The summed E-state index contributed by atoms with van der Waals surface area (Å²) in [7, 11) is 1.19. The van der Waals surface area contributed by atoms with E-state index < -0.39 is 10.9 Å².